The number of nitrogens with one attached hydrogen (secondary N) is 1. The summed E-state index contributed by atoms with van der Waals surface area (Å²) in [7, 11) is -3.81. The molecule has 180 valence electrons. The van der Waals surface area contributed by atoms with Crippen molar-refractivity contribution in [2.45, 2.75) is 46.2 Å². The molecular formula is C24H32ClN3O4S. The van der Waals surface area contributed by atoms with Crippen LogP contribution < -0.4 is 9.62 Å². The fraction of sp³-hybridized carbons (Fsp3) is 0.417. The quantitative estimate of drug-likeness (QED) is 0.483. The molecule has 2 amide bonds. The van der Waals surface area contributed by atoms with Gasteiger partial charge in [-0.15, -0.1) is 0 Å². The number of para-hydroxylation sites is 1. The van der Waals surface area contributed by atoms with Crippen LogP contribution in [-0.4, -0.2) is 50.5 Å². The zero-order chi connectivity index (χ0) is 24.6. The lowest BCUT2D eigenvalue weighted by atomic mass is 10.1. The first kappa shape index (κ1) is 26.7. The summed E-state index contributed by atoms with van der Waals surface area (Å²) in [6, 6.07) is 13.3. The Morgan fingerprint density at radius 1 is 1.09 bits per heavy atom. The van der Waals surface area contributed by atoms with E-state index in [2.05, 4.69) is 5.32 Å². The summed E-state index contributed by atoms with van der Waals surface area (Å²) in [5.41, 5.74) is 2.13. The summed E-state index contributed by atoms with van der Waals surface area (Å²) in [6.07, 6.45) is 2.79. The number of benzene rings is 2. The number of hydrogen-bond acceptors (Lipinski definition) is 4. The Labute approximate surface area is 201 Å². The van der Waals surface area contributed by atoms with Gasteiger partial charge in [-0.3, -0.25) is 13.9 Å². The fourth-order valence-electron chi connectivity index (χ4n) is 3.26. The molecule has 0 radical (unpaired) electrons. The highest BCUT2D eigenvalue weighted by Gasteiger charge is 2.30. The van der Waals surface area contributed by atoms with Crippen molar-refractivity contribution in [2.75, 3.05) is 23.7 Å². The van der Waals surface area contributed by atoms with Gasteiger partial charge in [0.1, 0.15) is 12.6 Å². The van der Waals surface area contributed by atoms with Gasteiger partial charge in [-0.05, 0) is 38.0 Å². The van der Waals surface area contributed by atoms with Crippen molar-refractivity contribution in [1.29, 1.82) is 0 Å². The first-order valence-corrected chi connectivity index (χ1v) is 13.1. The van der Waals surface area contributed by atoms with E-state index in [-0.39, 0.29) is 23.2 Å². The summed E-state index contributed by atoms with van der Waals surface area (Å²) in [6.45, 7) is 5.85. The molecule has 7 nitrogen and oxygen atoms in total. The number of carbonyl (C=O) groups is 2. The Morgan fingerprint density at radius 3 is 2.30 bits per heavy atom. The van der Waals surface area contributed by atoms with E-state index in [1.165, 1.54) is 4.90 Å². The number of hydrogen-bond donors (Lipinski definition) is 1. The van der Waals surface area contributed by atoms with Gasteiger partial charge < -0.3 is 10.2 Å². The van der Waals surface area contributed by atoms with Crippen molar-refractivity contribution in [1.82, 2.24) is 10.2 Å². The maximum Gasteiger partial charge on any atom is 0.244 e. The standard InChI is InChI=1S/C24H32ClN3O4S/c1-5-6-15-26-24(30)19(3)27(16-20-13-11-18(2)12-14-20)23(29)17-28(33(4,31)32)22-10-8-7-9-21(22)25/h7-14,19H,5-6,15-17H2,1-4H3,(H,26,30). The van der Waals surface area contributed by atoms with Crippen molar-refractivity contribution in [3.63, 3.8) is 0 Å². The van der Waals surface area contributed by atoms with Gasteiger partial charge in [-0.2, -0.15) is 0 Å². The van der Waals surface area contributed by atoms with Crippen LogP contribution in [-0.2, 0) is 26.2 Å². The smallest absolute Gasteiger partial charge is 0.244 e. The van der Waals surface area contributed by atoms with Crippen molar-refractivity contribution >= 4 is 39.1 Å². The third-order valence-corrected chi connectivity index (χ3v) is 6.72. The third-order valence-electron chi connectivity index (χ3n) is 5.27. The number of sulfonamides is 1. The maximum absolute atomic E-state index is 13.4. The van der Waals surface area contributed by atoms with E-state index in [1.807, 2.05) is 38.1 Å². The summed E-state index contributed by atoms with van der Waals surface area (Å²) in [4.78, 5) is 27.6. The second kappa shape index (κ2) is 12.0. The van der Waals surface area contributed by atoms with E-state index in [0.29, 0.717) is 6.54 Å². The largest absolute Gasteiger partial charge is 0.354 e. The SMILES string of the molecule is CCCCNC(=O)C(C)N(Cc1ccc(C)cc1)C(=O)CN(c1ccccc1Cl)S(C)(=O)=O. The Morgan fingerprint density at radius 2 is 1.73 bits per heavy atom. The van der Waals surface area contributed by atoms with Crippen LogP contribution in [0.4, 0.5) is 5.69 Å². The Kier molecular flexibility index (Phi) is 9.73. The number of unbranched alkanes of at least 4 members (excludes halogenated alkanes) is 1. The summed E-state index contributed by atoms with van der Waals surface area (Å²) >= 11 is 6.22. The molecule has 0 aliphatic rings. The number of halogens is 1. The van der Waals surface area contributed by atoms with Crippen LogP contribution in [0.25, 0.3) is 0 Å². The average molecular weight is 494 g/mol. The molecule has 2 rings (SSSR count). The molecular weight excluding hydrogens is 462 g/mol. The zero-order valence-electron chi connectivity index (χ0n) is 19.5. The van der Waals surface area contributed by atoms with Crippen molar-refractivity contribution in [2.24, 2.45) is 0 Å². The predicted molar refractivity (Wildman–Crippen MR) is 133 cm³/mol. The molecule has 0 fully saturated rings. The minimum absolute atomic E-state index is 0.168. The van der Waals surface area contributed by atoms with Crippen LogP contribution in [0.15, 0.2) is 48.5 Å². The van der Waals surface area contributed by atoms with Crippen molar-refractivity contribution in [3.8, 4) is 0 Å². The summed E-state index contributed by atoms with van der Waals surface area (Å²) in [5.74, 6) is -0.786. The number of rotatable bonds is 11. The van der Waals surface area contributed by atoms with E-state index in [0.717, 1.165) is 34.5 Å². The number of nitrogens with zero attached hydrogens (tertiary/aromatic N) is 2. The highest BCUT2D eigenvalue weighted by molar-refractivity contribution is 7.92. The number of amides is 2. The van der Waals surface area contributed by atoms with E-state index < -0.39 is 28.5 Å². The van der Waals surface area contributed by atoms with Crippen LogP contribution in [0, 0.1) is 6.92 Å². The van der Waals surface area contributed by atoms with E-state index in [9.17, 15) is 18.0 Å². The molecule has 0 spiro atoms. The number of anilines is 1. The molecule has 1 N–H and O–H groups in total. The van der Waals surface area contributed by atoms with Crippen molar-refractivity contribution < 1.29 is 18.0 Å². The molecule has 2 aromatic carbocycles. The van der Waals surface area contributed by atoms with E-state index in [4.69, 9.17) is 11.6 Å². The highest BCUT2D eigenvalue weighted by atomic mass is 35.5. The first-order valence-electron chi connectivity index (χ1n) is 10.9. The average Bonchev–Trinajstić information content (AvgIpc) is 2.76. The van der Waals surface area contributed by atoms with Gasteiger partial charge in [-0.1, -0.05) is 66.9 Å². The lowest BCUT2D eigenvalue weighted by molar-refractivity contribution is -0.139. The predicted octanol–water partition coefficient (Wildman–Crippen LogP) is 3.75. The molecule has 33 heavy (non-hydrogen) atoms. The van der Waals surface area contributed by atoms with Gasteiger partial charge in [0.15, 0.2) is 0 Å². The Balaban J connectivity index is 2.34. The molecule has 0 aliphatic heterocycles. The Bertz CT molecular complexity index is 1060. The van der Waals surface area contributed by atoms with Crippen LogP contribution in [0.1, 0.15) is 37.8 Å². The van der Waals surface area contributed by atoms with Crippen LogP contribution in [0.3, 0.4) is 0 Å². The zero-order valence-corrected chi connectivity index (χ0v) is 21.1. The minimum atomic E-state index is -3.81. The second-order valence-corrected chi connectivity index (χ2v) is 10.4. The molecule has 2 aromatic rings. The Hall–Kier alpha value is -2.58. The van der Waals surface area contributed by atoms with Crippen LogP contribution in [0.5, 0.6) is 0 Å². The normalized spacial score (nSPS) is 12.2. The van der Waals surface area contributed by atoms with Crippen LogP contribution >= 0.6 is 11.6 Å². The number of aryl methyl sites for hydroxylation is 1. The van der Waals surface area contributed by atoms with Gasteiger partial charge in [0, 0.05) is 13.1 Å². The molecule has 1 unspecified atom stereocenters. The van der Waals surface area contributed by atoms with Gasteiger partial charge in [-0.25, -0.2) is 8.42 Å². The lowest BCUT2D eigenvalue weighted by Crippen LogP contribution is -2.51. The van der Waals surface area contributed by atoms with Gasteiger partial charge in [0.25, 0.3) is 0 Å². The third kappa shape index (κ3) is 7.75. The molecule has 0 bridgehead atoms. The summed E-state index contributed by atoms with van der Waals surface area (Å²) in [5, 5.41) is 3.07. The summed E-state index contributed by atoms with van der Waals surface area (Å²) < 4.78 is 26.0. The monoisotopic (exact) mass is 493 g/mol. The minimum Gasteiger partial charge on any atom is -0.354 e. The van der Waals surface area contributed by atoms with E-state index >= 15 is 0 Å². The van der Waals surface area contributed by atoms with Gasteiger partial charge in [0.2, 0.25) is 21.8 Å². The molecule has 1 atom stereocenters. The highest BCUT2D eigenvalue weighted by Crippen LogP contribution is 2.27. The maximum atomic E-state index is 13.4. The molecule has 0 saturated heterocycles. The van der Waals surface area contributed by atoms with Crippen molar-refractivity contribution in [3.05, 3.63) is 64.7 Å². The van der Waals surface area contributed by atoms with E-state index in [1.54, 1.807) is 31.2 Å². The molecule has 0 aliphatic carbocycles. The second-order valence-electron chi connectivity index (χ2n) is 8.05. The number of carbonyl (C=O) groups excluding carboxylic acids is 2. The first-order chi connectivity index (χ1) is 15.5. The van der Waals surface area contributed by atoms with Crippen LogP contribution in [0.2, 0.25) is 5.02 Å². The molecule has 0 aromatic heterocycles. The molecule has 9 heteroatoms. The molecule has 0 heterocycles. The lowest BCUT2D eigenvalue weighted by Gasteiger charge is -2.31. The van der Waals surface area contributed by atoms with Gasteiger partial charge >= 0.3 is 0 Å². The fourth-order valence-corrected chi connectivity index (χ4v) is 4.41. The topological polar surface area (TPSA) is 86.8 Å². The molecule has 0 saturated carbocycles. The van der Waals surface area contributed by atoms with Gasteiger partial charge in [0.05, 0.1) is 17.0 Å².